The Labute approximate surface area is 179 Å². The molecule has 1 saturated carbocycles. The minimum absolute atomic E-state index is 0.00953. The number of amides is 2. The molecule has 2 amide bonds. The summed E-state index contributed by atoms with van der Waals surface area (Å²) in [6.07, 6.45) is 1.04. The van der Waals surface area contributed by atoms with Gasteiger partial charge in [0.1, 0.15) is 11.7 Å². The fourth-order valence-corrected chi connectivity index (χ4v) is 3.40. The van der Waals surface area contributed by atoms with E-state index in [4.69, 9.17) is 20.6 Å². The second-order valence-electron chi connectivity index (χ2n) is 8.63. The predicted molar refractivity (Wildman–Crippen MR) is 109 cm³/mol. The molecule has 2 heterocycles. The van der Waals surface area contributed by atoms with Crippen LogP contribution in [0.3, 0.4) is 0 Å². The van der Waals surface area contributed by atoms with Crippen molar-refractivity contribution in [3.05, 3.63) is 47.6 Å². The Kier molecular flexibility index (Phi) is 5.05. The minimum Gasteiger partial charge on any atom is -0.443 e. The molecule has 1 saturated heterocycles. The van der Waals surface area contributed by atoms with Crippen LogP contribution in [-0.2, 0) is 15.0 Å². The van der Waals surface area contributed by atoms with E-state index in [-0.39, 0.29) is 19.0 Å². The zero-order chi connectivity index (χ0) is 22.2. The molecule has 1 aliphatic carbocycles. The van der Waals surface area contributed by atoms with Crippen LogP contribution in [-0.4, -0.2) is 47.1 Å². The second kappa shape index (κ2) is 7.58. The second-order valence-corrected chi connectivity index (χ2v) is 8.63. The van der Waals surface area contributed by atoms with E-state index < -0.39 is 29.4 Å². The predicted octanol–water partition coefficient (Wildman–Crippen LogP) is 3.74. The third kappa shape index (κ3) is 4.30. The van der Waals surface area contributed by atoms with Gasteiger partial charge < -0.3 is 18.8 Å². The molecule has 2 aromatic rings. The van der Waals surface area contributed by atoms with Crippen LogP contribution in [0.2, 0.25) is 0 Å². The van der Waals surface area contributed by atoms with E-state index in [2.05, 4.69) is 15.0 Å². The number of anilines is 2. The Hall–Kier alpha value is -3.61. The number of hydrogen-bond donors (Lipinski definition) is 0. The van der Waals surface area contributed by atoms with Crippen molar-refractivity contribution >= 4 is 23.8 Å². The lowest BCUT2D eigenvalue weighted by atomic mass is 10.1. The highest BCUT2D eigenvalue weighted by Gasteiger charge is 2.52. The molecule has 2 fully saturated rings. The summed E-state index contributed by atoms with van der Waals surface area (Å²) in [5.41, 5.74) is 0.512. The van der Waals surface area contributed by atoms with Crippen molar-refractivity contribution < 1.29 is 23.6 Å². The summed E-state index contributed by atoms with van der Waals surface area (Å²) in [6.45, 7) is 12.9. The molecule has 1 aliphatic heterocycles. The standard InChI is InChI=1S/C21H23N5O5/c1-20(2,3)31-19(28)26(17-23-13-29-24-17)12-16-11-25(18(27)30-16)15-7-5-14(6-8-15)21(22-4)9-10-21/h5-8,13,16H,9-12H2,1-3H3. The van der Waals surface area contributed by atoms with Gasteiger partial charge in [-0.05, 0) is 50.2 Å². The molecule has 0 radical (unpaired) electrons. The maximum absolute atomic E-state index is 12.6. The topological polar surface area (TPSA) is 102 Å². The highest BCUT2D eigenvalue weighted by Crippen LogP contribution is 2.49. The zero-order valence-electron chi connectivity index (χ0n) is 17.6. The molecule has 1 aromatic heterocycles. The van der Waals surface area contributed by atoms with Crippen LogP contribution in [0, 0.1) is 6.57 Å². The molecule has 31 heavy (non-hydrogen) atoms. The van der Waals surface area contributed by atoms with E-state index in [1.807, 2.05) is 24.3 Å². The monoisotopic (exact) mass is 425 g/mol. The maximum atomic E-state index is 12.6. The number of carbonyl (C=O) groups is 2. The maximum Gasteiger partial charge on any atom is 0.417 e. The van der Waals surface area contributed by atoms with Gasteiger partial charge in [0, 0.05) is 24.1 Å². The van der Waals surface area contributed by atoms with Crippen LogP contribution in [0.1, 0.15) is 39.2 Å². The van der Waals surface area contributed by atoms with Gasteiger partial charge in [0.05, 0.1) is 13.1 Å². The summed E-state index contributed by atoms with van der Waals surface area (Å²) < 4.78 is 15.6. The molecule has 1 aromatic carbocycles. The summed E-state index contributed by atoms with van der Waals surface area (Å²) >= 11 is 0. The average Bonchev–Trinajstić information content (AvgIpc) is 3.15. The van der Waals surface area contributed by atoms with Crippen LogP contribution >= 0.6 is 0 Å². The van der Waals surface area contributed by atoms with Gasteiger partial charge in [-0.15, -0.1) is 0 Å². The molecule has 0 spiro atoms. The Morgan fingerprint density at radius 3 is 2.61 bits per heavy atom. The first-order valence-corrected chi connectivity index (χ1v) is 9.95. The molecule has 10 heteroatoms. The number of rotatable bonds is 5. The van der Waals surface area contributed by atoms with Crippen molar-refractivity contribution in [3.63, 3.8) is 0 Å². The molecule has 4 rings (SSSR count). The summed E-state index contributed by atoms with van der Waals surface area (Å²) in [5.74, 6) is 0.0296. The highest BCUT2D eigenvalue weighted by atomic mass is 16.6. The molecule has 162 valence electrons. The number of hydrogen-bond acceptors (Lipinski definition) is 7. The third-order valence-electron chi connectivity index (χ3n) is 5.12. The minimum atomic E-state index is -0.719. The van der Waals surface area contributed by atoms with Crippen molar-refractivity contribution in [2.45, 2.75) is 50.9 Å². The number of carbonyl (C=O) groups excluding carboxylic acids is 2. The largest absolute Gasteiger partial charge is 0.443 e. The van der Waals surface area contributed by atoms with Gasteiger partial charge in [-0.3, -0.25) is 4.90 Å². The van der Waals surface area contributed by atoms with Crippen LogP contribution in [0.25, 0.3) is 4.85 Å². The van der Waals surface area contributed by atoms with Crippen molar-refractivity contribution in [2.75, 3.05) is 22.9 Å². The van der Waals surface area contributed by atoms with Crippen molar-refractivity contribution in [1.82, 2.24) is 10.1 Å². The molecule has 0 bridgehead atoms. The van der Waals surface area contributed by atoms with E-state index in [9.17, 15) is 9.59 Å². The summed E-state index contributed by atoms with van der Waals surface area (Å²) in [7, 11) is 0. The molecular weight excluding hydrogens is 402 g/mol. The molecule has 0 N–H and O–H groups in total. The third-order valence-corrected chi connectivity index (χ3v) is 5.12. The molecule has 1 unspecified atom stereocenters. The van der Waals surface area contributed by atoms with E-state index in [0.717, 1.165) is 24.8 Å². The molecular formula is C21H23N5O5. The number of nitrogens with zero attached hydrogens (tertiary/aromatic N) is 5. The Morgan fingerprint density at radius 1 is 1.35 bits per heavy atom. The molecule has 1 atom stereocenters. The smallest absolute Gasteiger partial charge is 0.417 e. The van der Waals surface area contributed by atoms with Gasteiger partial charge in [0.25, 0.3) is 11.5 Å². The van der Waals surface area contributed by atoms with Gasteiger partial charge in [-0.25, -0.2) is 21.1 Å². The van der Waals surface area contributed by atoms with Crippen molar-refractivity contribution in [2.24, 2.45) is 0 Å². The lowest BCUT2D eigenvalue weighted by Gasteiger charge is -2.26. The number of benzene rings is 1. The normalized spacial score (nSPS) is 19.5. The fourth-order valence-electron chi connectivity index (χ4n) is 3.40. The first-order valence-electron chi connectivity index (χ1n) is 9.95. The molecule has 2 aliphatic rings. The van der Waals surface area contributed by atoms with Crippen LogP contribution < -0.4 is 9.80 Å². The average molecular weight is 425 g/mol. The number of cyclic esters (lactones) is 1. The van der Waals surface area contributed by atoms with Gasteiger partial charge in [0.2, 0.25) is 6.39 Å². The lowest BCUT2D eigenvalue weighted by molar-refractivity contribution is 0.0555. The van der Waals surface area contributed by atoms with Gasteiger partial charge >= 0.3 is 12.2 Å². The lowest BCUT2D eigenvalue weighted by Crippen LogP contribution is -2.43. The quantitative estimate of drug-likeness (QED) is 0.672. The van der Waals surface area contributed by atoms with Gasteiger partial charge in [-0.1, -0.05) is 0 Å². The van der Waals surface area contributed by atoms with E-state index >= 15 is 0 Å². The van der Waals surface area contributed by atoms with E-state index in [1.165, 1.54) is 9.80 Å². The number of ether oxygens (including phenoxy) is 2. The zero-order valence-corrected chi connectivity index (χ0v) is 17.6. The van der Waals surface area contributed by atoms with E-state index in [0.29, 0.717) is 5.69 Å². The van der Waals surface area contributed by atoms with Gasteiger partial charge in [0.15, 0.2) is 0 Å². The van der Waals surface area contributed by atoms with E-state index in [1.54, 1.807) is 20.8 Å². The van der Waals surface area contributed by atoms with Crippen molar-refractivity contribution in [1.29, 1.82) is 0 Å². The first kappa shape index (κ1) is 20.7. The number of aromatic nitrogens is 2. The highest BCUT2D eigenvalue weighted by molar-refractivity contribution is 5.90. The first-order chi connectivity index (χ1) is 14.7. The van der Waals surface area contributed by atoms with Crippen LogP contribution in [0.5, 0.6) is 0 Å². The molecule has 10 nitrogen and oxygen atoms in total. The van der Waals surface area contributed by atoms with Crippen LogP contribution in [0.4, 0.5) is 21.2 Å². The summed E-state index contributed by atoms with van der Waals surface area (Å²) in [6, 6.07) is 7.39. The Bertz CT molecular complexity index is 1000. The summed E-state index contributed by atoms with van der Waals surface area (Å²) in [5, 5.41) is 3.71. The van der Waals surface area contributed by atoms with Crippen molar-refractivity contribution in [3.8, 4) is 0 Å². The Balaban J connectivity index is 1.46. The summed E-state index contributed by atoms with van der Waals surface area (Å²) in [4.78, 5) is 35.5. The fraction of sp³-hybridized carbons (Fsp3) is 0.476. The SMILES string of the molecule is [C-]#[N+]C1(c2ccc(N3CC(CN(C(=O)OC(C)(C)C)c4ncon4)OC3=O)cc2)CC1. The van der Waals surface area contributed by atoms with Gasteiger partial charge in [-0.2, -0.15) is 4.98 Å². The van der Waals surface area contributed by atoms with Crippen LogP contribution in [0.15, 0.2) is 35.2 Å². The Morgan fingerprint density at radius 2 is 2.06 bits per heavy atom.